The molecule has 4 aliphatic rings. The maximum Gasteiger partial charge on any atom is 0.250 e. The van der Waals surface area contributed by atoms with E-state index >= 15 is 0 Å². The van der Waals surface area contributed by atoms with Crippen molar-refractivity contribution in [1.29, 1.82) is 0 Å². The fourth-order valence-electron chi connectivity index (χ4n) is 15.1. The van der Waals surface area contributed by atoms with Gasteiger partial charge in [0, 0.05) is 122 Å². The molecule has 0 atom stereocenters. The van der Waals surface area contributed by atoms with Crippen LogP contribution in [0.25, 0.3) is 43.6 Å². The van der Waals surface area contributed by atoms with Crippen LogP contribution in [0.2, 0.25) is 0 Å². The number of carbonyl (C=O) groups is 3. The minimum Gasteiger partial charge on any atom is -0.384 e. The van der Waals surface area contributed by atoms with Crippen LogP contribution >= 0.6 is 0 Å². The SMILES string of the molecule is CC(=O)n1ccc2ccc(C(C)(C)C)cc21.CC(C)(C)c1ccc2c(c1)NCC2.CC(C)(C)c1ccc2c(c1)NCC2(C)C.CC(C)(C)c1ccc2c(c1)NCC21CC1.CC(C)(C)c1ccc2ccn(Cc3ccccc3)c2c1.CNCC(=O)N(C)CC(=O)n1ccc2ccc(C(C)(C)C)cc21.Cn1ccc2ccc(C(C)(C)C)cc21. The van der Waals surface area contributed by atoms with Gasteiger partial charge >= 0.3 is 0 Å². The minimum atomic E-state index is -0.113. The van der Waals surface area contributed by atoms with Gasteiger partial charge < -0.3 is 35.3 Å². The van der Waals surface area contributed by atoms with Gasteiger partial charge in [-0.25, -0.2) is 0 Å². The average Bonchev–Trinajstić information content (AvgIpc) is 1.57. The number of hydrogen-bond donors (Lipinski definition) is 4. The highest BCUT2D eigenvalue weighted by Crippen LogP contribution is 2.55. The van der Waals surface area contributed by atoms with Crippen molar-refractivity contribution in [3.63, 3.8) is 0 Å². The predicted octanol–water partition coefficient (Wildman–Crippen LogP) is 24.4. The van der Waals surface area contributed by atoms with Gasteiger partial charge in [0.05, 0.1) is 17.6 Å². The Morgan fingerprint density at radius 2 is 0.828 bits per heavy atom. The number of fused-ring (bicyclic) bond motifs is 8. The Morgan fingerprint density at radius 3 is 1.32 bits per heavy atom. The molecule has 1 amide bonds. The largest absolute Gasteiger partial charge is 0.384 e. The van der Waals surface area contributed by atoms with Gasteiger partial charge in [-0.1, -0.05) is 275 Å². The Bertz CT molecular complexity index is 5360. The van der Waals surface area contributed by atoms with Crippen LogP contribution in [0.4, 0.5) is 17.1 Å². The Hall–Kier alpha value is -9.91. The number of likely N-dealkylation sites (N-methyl/N-ethyl adjacent to an activating group) is 2. The number of amides is 1. The molecule has 3 aliphatic heterocycles. The van der Waals surface area contributed by atoms with Crippen LogP contribution in [-0.4, -0.2) is 87.7 Å². The first kappa shape index (κ1) is 88.5. The van der Waals surface area contributed by atoms with Crippen LogP contribution in [0, 0.1) is 0 Å². The second-order valence-corrected chi connectivity index (χ2v) is 40.7. The van der Waals surface area contributed by atoms with E-state index in [9.17, 15) is 14.4 Å². The molecule has 1 aliphatic carbocycles. The van der Waals surface area contributed by atoms with Crippen LogP contribution in [0.5, 0.6) is 0 Å². The molecule has 116 heavy (non-hydrogen) atoms. The first-order chi connectivity index (χ1) is 54.0. The summed E-state index contributed by atoms with van der Waals surface area (Å²) >= 11 is 0. The number of nitrogens with zero attached hydrogens (tertiary/aromatic N) is 5. The number of anilines is 3. The predicted molar refractivity (Wildman–Crippen MR) is 496 cm³/mol. The van der Waals surface area contributed by atoms with E-state index in [1.54, 1.807) is 41.9 Å². The second kappa shape index (κ2) is 34.7. The van der Waals surface area contributed by atoms with E-state index in [1.807, 2.05) is 24.4 Å². The van der Waals surface area contributed by atoms with Gasteiger partial charge in [0.15, 0.2) is 0 Å². The monoisotopic (exact) mass is 1560 g/mol. The maximum absolute atomic E-state index is 12.5. The topological polar surface area (TPSA) is 122 Å². The Balaban J connectivity index is 0.000000144. The van der Waals surface area contributed by atoms with E-state index in [-0.39, 0.29) is 74.1 Å². The molecule has 4 aromatic heterocycles. The molecule has 8 aromatic carbocycles. The van der Waals surface area contributed by atoms with Gasteiger partial charge in [-0.05, 0) is 203 Å². The number of nitrogens with one attached hydrogen (secondary N) is 4. The smallest absolute Gasteiger partial charge is 0.250 e. The van der Waals surface area contributed by atoms with Gasteiger partial charge in [-0.2, -0.15) is 0 Å². The first-order valence-electron chi connectivity index (χ1n) is 42.0. The molecule has 4 N–H and O–H groups in total. The summed E-state index contributed by atoms with van der Waals surface area (Å²) in [5, 5.41) is 18.1. The molecule has 16 rings (SSSR count). The van der Waals surface area contributed by atoms with E-state index in [1.165, 1.54) is 119 Å². The summed E-state index contributed by atoms with van der Waals surface area (Å²) in [6.07, 6.45) is 11.8. The molecule has 7 heterocycles. The van der Waals surface area contributed by atoms with Crippen molar-refractivity contribution < 1.29 is 14.4 Å². The molecule has 0 unspecified atom stereocenters. The zero-order valence-corrected chi connectivity index (χ0v) is 75.5. The maximum atomic E-state index is 12.5. The van der Waals surface area contributed by atoms with Crippen LogP contribution in [0.1, 0.15) is 250 Å². The third-order valence-corrected chi connectivity index (χ3v) is 23.4. The van der Waals surface area contributed by atoms with Crippen LogP contribution < -0.4 is 21.3 Å². The van der Waals surface area contributed by atoms with E-state index < -0.39 is 0 Å². The fourth-order valence-corrected chi connectivity index (χ4v) is 15.1. The summed E-state index contributed by atoms with van der Waals surface area (Å²) in [6.45, 7) is 57.6. The molecule has 12 heteroatoms. The Kier molecular flexibility index (Phi) is 26.5. The highest BCUT2D eigenvalue weighted by atomic mass is 16.2. The highest BCUT2D eigenvalue weighted by Gasteiger charge is 2.49. The molecule has 1 saturated carbocycles. The second-order valence-electron chi connectivity index (χ2n) is 40.7. The number of hydrogen-bond acceptors (Lipinski definition) is 7. The number of aromatic nitrogens is 4. The first-order valence-corrected chi connectivity index (χ1v) is 42.0. The van der Waals surface area contributed by atoms with Gasteiger partial charge in [-0.3, -0.25) is 23.5 Å². The fraction of sp³-hybridized carbons (Fsp3) is 0.433. The van der Waals surface area contributed by atoms with E-state index in [4.69, 9.17) is 0 Å². The third-order valence-electron chi connectivity index (χ3n) is 23.4. The summed E-state index contributed by atoms with van der Waals surface area (Å²) in [4.78, 5) is 37.2. The minimum absolute atomic E-state index is 0.0197. The Labute approximate surface area is 695 Å². The average molecular weight is 1560 g/mol. The third kappa shape index (κ3) is 21.8. The summed E-state index contributed by atoms with van der Waals surface area (Å²) < 4.78 is 7.84. The molecule has 0 bridgehead atoms. The van der Waals surface area contributed by atoms with Crippen molar-refractivity contribution in [3.8, 4) is 0 Å². The molecule has 616 valence electrons. The summed E-state index contributed by atoms with van der Waals surface area (Å²) in [5.41, 5.74) is 26.0. The van der Waals surface area contributed by atoms with Gasteiger partial charge in [-0.15, -0.1) is 0 Å². The number of rotatable bonds is 6. The van der Waals surface area contributed by atoms with Crippen molar-refractivity contribution >= 4 is 78.4 Å². The molecule has 12 aromatic rings. The molecular weight excluding hydrogens is 1420 g/mol. The Morgan fingerprint density at radius 1 is 0.431 bits per heavy atom. The van der Waals surface area contributed by atoms with E-state index in [0.717, 1.165) is 48.0 Å². The summed E-state index contributed by atoms with van der Waals surface area (Å²) in [5.74, 6) is -0.160. The van der Waals surface area contributed by atoms with Gasteiger partial charge in [0.25, 0.3) is 5.91 Å². The van der Waals surface area contributed by atoms with E-state index in [0.29, 0.717) is 5.41 Å². The normalized spacial score (nSPS) is 14.4. The molecule has 1 spiro atoms. The van der Waals surface area contributed by atoms with Gasteiger partial charge in [0.2, 0.25) is 11.8 Å². The lowest BCUT2D eigenvalue weighted by Gasteiger charge is -2.21. The number of aryl methyl sites for hydroxylation is 1. The molecular formula is C104H137N9O3. The molecule has 0 radical (unpaired) electrons. The van der Waals surface area contributed by atoms with Crippen molar-refractivity contribution in [1.82, 2.24) is 28.5 Å². The number of carbonyl (C=O) groups excluding carboxylic acids is 3. The molecule has 0 saturated heterocycles. The lowest BCUT2D eigenvalue weighted by atomic mass is 9.82. The van der Waals surface area contributed by atoms with Crippen molar-refractivity contribution in [2.75, 3.05) is 62.8 Å². The zero-order valence-electron chi connectivity index (χ0n) is 75.5. The quantitative estimate of drug-likeness (QED) is 0.131. The number of benzene rings is 8. The summed E-state index contributed by atoms with van der Waals surface area (Å²) in [7, 11) is 5.44. The van der Waals surface area contributed by atoms with E-state index in [2.05, 4.69) is 373 Å². The van der Waals surface area contributed by atoms with Crippen molar-refractivity contribution in [2.45, 2.75) is 241 Å². The molecule has 12 nitrogen and oxygen atoms in total. The van der Waals surface area contributed by atoms with Crippen LogP contribution in [0.15, 0.2) is 207 Å². The summed E-state index contributed by atoms with van der Waals surface area (Å²) in [6, 6.07) is 65.6. The van der Waals surface area contributed by atoms with Crippen molar-refractivity contribution in [3.05, 3.63) is 268 Å². The lowest BCUT2D eigenvalue weighted by molar-refractivity contribution is -0.128. The van der Waals surface area contributed by atoms with Crippen LogP contribution in [0.3, 0.4) is 0 Å². The lowest BCUT2D eigenvalue weighted by Crippen LogP contribution is -2.38. The van der Waals surface area contributed by atoms with Crippen molar-refractivity contribution in [2.24, 2.45) is 7.05 Å². The standard InChI is InChI=1S/C19H21N.C18H25N3O2.C14H17NO.C14H19N.C14H21N.C13H17N.C12H17N/c1-19(2,3)17-10-9-16-11-12-20(18(16)13-17)14-15-7-5-4-6-8-15;1-18(2,3)14-7-6-13-8-9-21(15(13)10-14)17(23)12-20(5)16(22)11-19-4;1-10(16)15-8-7-11-5-6-12(9-13(11)15)14(2,3)4;1-13(2,3)10-4-5-11-12(8-10)15-9-14(11)6-7-14;1-13(2,3)10-6-7-11-12(8-10)15-9-14(11,4)5;1-13(2,3)11-6-5-10-7-8-14(4)12(10)9-11;1-12(2,3)10-5-4-9-6-7-13-11(9)8-10/h4-13H,14H2,1-3H3;6-10,19H,11-12H2,1-5H3;5-9H,1-4H3;4-5,8,15H,6-7,9H2,1-3H3;6-8,15H,9H2,1-5H3;5-9H,1-4H3;4-5,8,13H,6-7H2,1-3H3. The highest BCUT2D eigenvalue weighted by molar-refractivity contribution is 5.96. The van der Waals surface area contributed by atoms with Crippen LogP contribution in [-0.2, 0) is 73.5 Å². The van der Waals surface area contributed by atoms with Gasteiger partial charge in [0.1, 0.15) is 6.54 Å². The molecule has 1 fully saturated rings. The zero-order chi connectivity index (χ0) is 85.1.